The van der Waals surface area contributed by atoms with E-state index in [2.05, 4.69) is 15.3 Å². The molecule has 0 aliphatic heterocycles. The number of benzene rings is 1. The van der Waals surface area contributed by atoms with Gasteiger partial charge in [-0.15, -0.1) is 4.99 Å². The topological polar surface area (TPSA) is 70.3 Å². The number of ether oxygens (including phenoxy) is 1. The summed E-state index contributed by atoms with van der Waals surface area (Å²) in [4.78, 5) is 7.99. The number of nitrogens with zero attached hydrogens (tertiary/aromatic N) is 3. The molecule has 5 nitrogen and oxygen atoms in total. The van der Waals surface area contributed by atoms with Gasteiger partial charge in [0.2, 0.25) is 6.19 Å². The summed E-state index contributed by atoms with van der Waals surface area (Å²) in [5.41, 5.74) is 1.81. The molecule has 0 unspecified atom stereocenters. The number of hydrogen-bond acceptors (Lipinski definition) is 4. The van der Waals surface area contributed by atoms with E-state index >= 15 is 0 Å². The highest BCUT2D eigenvalue weighted by Crippen LogP contribution is 2.14. The molecule has 0 saturated carbocycles. The van der Waals surface area contributed by atoms with Crippen molar-refractivity contribution in [3.8, 4) is 11.9 Å². The molecule has 2 aromatic rings. The number of para-hydroxylation sites is 1. The zero-order valence-corrected chi connectivity index (χ0v) is 11.3. The van der Waals surface area contributed by atoms with Crippen molar-refractivity contribution in [2.45, 2.75) is 13.8 Å². The molecule has 0 fully saturated rings. The minimum Gasteiger partial charge on any atom is -0.425 e. The van der Waals surface area contributed by atoms with Crippen LogP contribution >= 0.6 is 0 Å². The molecule has 20 heavy (non-hydrogen) atoms. The van der Waals surface area contributed by atoms with Crippen LogP contribution in [0.5, 0.6) is 5.75 Å². The number of pyridine rings is 1. The Labute approximate surface area is 117 Å². The number of aliphatic imine (C=N–C) groups is 1. The lowest BCUT2D eigenvalue weighted by Crippen LogP contribution is -2.20. The monoisotopic (exact) mass is 266 g/mol. The molecule has 0 aliphatic rings. The van der Waals surface area contributed by atoms with E-state index in [1.165, 1.54) is 0 Å². The van der Waals surface area contributed by atoms with Crippen molar-refractivity contribution in [1.82, 2.24) is 4.98 Å². The Morgan fingerprint density at radius 2 is 1.95 bits per heavy atom. The fourth-order valence-electron chi connectivity index (χ4n) is 1.58. The van der Waals surface area contributed by atoms with Crippen molar-refractivity contribution in [3.05, 3.63) is 53.7 Å². The van der Waals surface area contributed by atoms with Crippen LogP contribution in [0.25, 0.3) is 0 Å². The van der Waals surface area contributed by atoms with Gasteiger partial charge < -0.3 is 4.74 Å². The van der Waals surface area contributed by atoms with Crippen LogP contribution in [0.4, 0.5) is 5.82 Å². The molecule has 0 bridgehead atoms. The van der Waals surface area contributed by atoms with Crippen molar-refractivity contribution < 1.29 is 4.74 Å². The summed E-state index contributed by atoms with van der Waals surface area (Å²) >= 11 is 0. The third-order valence-corrected chi connectivity index (χ3v) is 2.57. The molecule has 0 saturated heterocycles. The molecular weight excluding hydrogens is 252 g/mol. The predicted molar refractivity (Wildman–Crippen MR) is 77.5 cm³/mol. The molecule has 100 valence electrons. The van der Waals surface area contributed by atoms with E-state index in [1.807, 2.05) is 44.2 Å². The van der Waals surface area contributed by atoms with E-state index in [9.17, 15) is 0 Å². The van der Waals surface area contributed by atoms with Crippen LogP contribution in [-0.4, -0.2) is 11.0 Å². The van der Waals surface area contributed by atoms with Gasteiger partial charge in [0.1, 0.15) is 11.6 Å². The normalized spacial score (nSPS) is 10.8. The molecule has 1 heterocycles. The van der Waals surface area contributed by atoms with E-state index < -0.39 is 0 Å². The van der Waals surface area contributed by atoms with Crippen molar-refractivity contribution in [3.63, 3.8) is 0 Å². The molecule has 1 aromatic heterocycles. The van der Waals surface area contributed by atoms with Gasteiger partial charge in [-0.1, -0.05) is 24.3 Å². The zero-order chi connectivity index (χ0) is 14.4. The highest BCUT2D eigenvalue weighted by Gasteiger charge is 2.07. The number of aryl methyl sites for hydroxylation is 2. The van der Waals surface area contributed by atoms with Gasteiger partial charge in [0.05, 0.1) is 0 Å². The van der Waals surface area contributed by atoms with Gasteiger partial charge in [-0.3, -0.25) is 5.32 Å². The quantitative estimate of drug-likeness (QED) is 0.515. The Morgan fingerprint density at radius 3 is 2.65 bits per heavy atom. The average Bonchev–Trinajstić information content (AvgIpc) is 2.44. The van der Waals surface area contributed by atoms with Gasteiger partial charge in [0.25, 0.3) is 0 Å². The lowest BCUT2D eigenvalue weighted by molar-refractivity contribution is 0.549. The second-order valence-corrected chi connectivity index (χ2v) is 4.18. The molecule has 2 rings (SSSR count). The molecule has 0 radical (unpaired) electrons. The van der Waals surface area contributed by atoms with E-state index in [1.54, 1.807) is 18.3 Å². The molecule has 1 N–H and O–H groups in total. The Balaban J connectivity index is 2.21. The van der Waals surface area contributed by atoms with Crippen molar-refractivity contribution in [1.29, 1.82) is 5.26 Å². The first-order valence-corrected chi connectivity index (χ1v) is 6.10. The first kappa shape index (κ1) is 13.6. The Kier molecular flexibility index (Phi) is 4.30. The fourth-order valence-corrected chi connectivity index (χ4v) is 1.58. The standard InChI is InChI=1S/C15H14N4O/c1-11-8-9-12(2)18-14(11)19-15(17-10-16)20-13-6-4-3-5-7-13/h3-9H,1-2H3,(H,17,18,19). The number of amidine groups is 1. The van der Waals surface area contributed by atoms with Crippen LogP contribution in [0.1, 0.15) is 11.3 Å². The highest BCUT2D eigenvalue weighted by atomic mass is 16.5. The summed E-state index contributed by atoms with van der Waals surface area (Å²) in [6.07, 6.45) is 1.72. The Bertz CT molecular complexity index is 659. The van der Waals surface area contributed by atoms with E-state index in [0.717, 1.165) is 11.3 Å². The predicted octanol–water partition coefficient (Wildman–Crippen LogP) is 3.03. The third kappa shape index (κ3) is 3.56. The maximum absolute atomic E-state index is 8.74. The Morgan fingerprint density at radius 1 is 1.20 bits per heavy atom. The summed E-state index contributed by atoms with van der Waals surface area (Å²) in [6.45, 7) is 3.81. The maximum atomic E-state index is 8.74. The first-order chi connectivity index (χ1) is 9.69. The lowest BCUT2D eigenvalue weighted by Gasteiger charge is -2.11. The molecule has 0 aliphatic carbocycles. The third-order valence-electron chi connectivity index (χ3n) is 2.57. The van der Waals surface area contributed by atoms with Crippen LogP contribution < -0.4 is 10.1 Å². The molecular formula is C15H14N4O. The smallest absolute Gasteiger partial charge is 0.311 e. The summed E-state index contributed by atoms with van der Waals surface area (Å²) in [6, 6.07) is 13.1. The first-order valence-electron chi connectivity index (χ1n) is 6.10. The minimum absolute atomic E-state index is 0.0971. The van der Waals surface area contributed by atoms with Crippen LogP contribution in [-0.2, 0) is 0 Å². The van der Waals surface area contributed by atoms with Gasteiger partial charge in [0.15, 0.2) is 0 Å². The van der Waals surface area contributed by atoms with Crippen molar-refractivity contribution in [2.24, 2.45) is 4.99 Å². The molecule has 0 spiro atoms. The van der Waals surface area contributed by atoms with Gasteiger partial charge in [-0.2, -0.15) is 5.26 Å². The zero-order valence-electron chi connectivity index (χ0n) is 11.3. The maximum Gasteiger partial charge on any atom is 0.311 e. The largest absolute Gasteiger partial charge is 0.425 e. The molecule has 5 heteroatoms. The van der Waals surface area contributed by atoms with Crippen LogP contribution in [0.3, 0.4) is 0 Å². The van der Waals surface area contributed by atoms with E-state index in [4.69, 9.17) is 10.00 Å². The van der Waals surface area contributed by atoms with Crippen molar-refractivity contribution in [2.75, 3.05) is 5.32 Å². The molecule has 1 aromatic carbocycles. The van der Waals surface area contributed by atoms with Crippen LogP contribution in [0.15, 0.2) is 47.5 Å². The number of nitriles is 1. The summed E-state index contributed by atoms with van der Waals surface area (Å²) in [5.74, 6) is 1.22. The van der Waals surface area contributed by atoms with Gasteiger partial charge in [-0.25, -0.2) is 4.98 Å². The Hall–Kier alpha value is -2.87. The molecule has 0 atom stereocenters. The van der Waals surface area contributed by atoms with Crippen LogP contribution in [0, 0.1) is 25.3 Å². The summed E-state index contributed by atoms with van der Waals surface area (Å²) < 4.78 is 5.53. The number of hydrogen-bond donors (Lipinski definition) is 1. The minimum atomic E-state index is 0.0971. The number of nitrogens with one attached hydrogen (secondary N) is 1. The van der Waals surface area contributed by atoms with E-state index in [0.29, 0.717) is 11.6 Å². The van der Waals surface area contributed by atoms with E-state index in [-0.39, 0.29) is 6.02 Å². The lowest BCUT2D eigenvalue weighted by atomic mass is 10.2. The summed E-state index contributed by atoms with van der Waals surface area (Å²) in [7, 11) is 0. The van der Waals surface area contributed by atoms with Crippen LogP contribution in [0.2, 0.25) is 0 Å². The second kappa shape index (κ2) is 6.34. The fraction of sp³-hybridized carbons (Fsp3) is 0.133. The van der Waals surface area contributed by atoms with Gasteiger partial charge in [-0.05, 0) is 37.6 Å². The highest BCUT2D eigenvalue weighted by molar-refractivity contribution is 5.90. The average molecular weight is 266 g/mol. The van der Waals surface area contributed by atoms with Gasteiger partial charge in [0, 0.05) is 5.69 Å². The molecule has 0 amide bonds. The summed E-state index contributed by atoms with van der Waals surface area (Å²) in [5, 5.41) is 11.7. The number of anilines is 1. The number of rotatable bonds is 2. The van der Waals surface area contributed by atoms with Crippen molar-refractivity contribution >= 4 is 11.8 Å². The number of aromatic nitrogens is 1. The SMILES string of the molecule is Cc1ccc(C)c(NC(=NC#N)Oc2ccccc2)n1. The second-order valence-electron chi connectivity index (χ2n) is 4.18. The van der Waals surface area contributed by atoms with Gasteiger partial charge >= 0.3 is 6.02 Å².